The molecule has 0 saturated heterocycles. The van der Waals surface area contributed by atoms with Crippen LogP contribution in [0.25, 0.3) is 0 Å². The number of carbonyl (C=O) groups is 1. The molecule has 1 amide bonds. The number of nitrogens with one attached hydrogen (secondary N) is 1. The Bertz CT molecular complexity index is 783. The average molecular weight is 380 g/mol. The summed E-state index contributed by atoms with van der Waals surface area (Å²) in [6, 6.07) is 17.6. The van der Waals surface area contributed by atoms with Crippen LogP contribution in [0.1, 0.15) is 43.0 Å². The minimum Gasteiger partial charge on any atom is -0.378 e. The molecular weight excluding hydrogens is 346 g/mol. The first-order valence-corrected chi connectivity index (χ1v) is 10.3. The van der Waals surface area contributed by atoms with Gasteiger partial charge in [-0.1, -0.05) is 50.2 Å². The van der Waals surface area contributed by atoms with Crippen LogP contribution in [-0.4, -0.2) is 38.0 Å². The molecule has 1 unspecified atom stereocenters. The van der Waals surface area contributed by atoms with E-state index in [-0.39, 0.29) is 11.9 Å². The Morgan fingerprint density at radius 1 is 1.07 bits per heavy atom. The number of anilines is 1. The normalized spacial score (nSPS) is 15.2. The third-order valence-electron chi connectivity index (χ3n) is 5.48. The molecule has 2 aromatic rings. The average Bonchev–Trinajstić information content (AvgIpc) is 2.68. The van der Waals surface area contributed by atoms with Gasteiger partial charge >= 0.3 is 0 Å². The van der Waals surface area contributed by atoms with Gasteiger partial charge in [-0.3, -0.25) is 9.69 Å². The van der Waals surface area contributed by atoms with Gasteiger partial charge in [-0.15, -0.1) is 0 Å². The number of amides is 1. The van der Waals surface area contributed by atoms with Crippen LogP contribution in [0.2, 0.25) is 0 Å². The van der Waals surface area contributed by atoms with E-state index < -0.39 is 0 Å². The summed E-state index contributed by atoms with van der Waals surface area (Å²) < 4.78 is 0. The van der Waals surface area contributed by atoms with Gasteiger partial charge < -0.3 is 10.2 Å². The Morgan fingerprint density at radius 3 is 2.39 bits per heavy atom. The smallest absolute Gasteiger partial charge is 0.220 e. The van der Waals surface area contributed by atoms with Crippen molar-refractivity contribution in [3.8, 4) is 0 Å². The summed E-state index contributed by atoms with van der Waals surface area (Å²) in [6.07, 6.45) is 1.64. The summed E-state index contributed by atoms with van der Waals surface area (Å²) >= 11 is 0. The lowest BCUT2D eigenvalue weighted by Crippen LogP contribution is -2.40. The molecule has 150 valence electrons. The molecule has 0 saturated carbocycles. The predicted molar refractivity (Wildman–Crippen MR) is 117 cm³/mol. The minimum atomic E-state index is 0.141. The second-order valence-corrected chi connectivity index (χ2v) is 8.39. The SMILES string of the molecule is CC(C)CC(=O)NCC(c1ccc(N(C)C)cc1)N1CCc2ccccc2C1. The number of rotatable bonds is 7. The summed E-state index contributed by atoms with van der Waals surface area (Å²) in [7, 11) is 4.11. The maximum absolute atomic E-state index is 12.3. The molecule has 28 heavy (non-hydrogen) atoms. The fraction of sp³-hybridized carbons (Fsp3) is 0.458. The fourth-order valence-electron chi connectivity index (χ4n) is 3.89. The van der Waals surface area contributed by atoms with Gasteiger partial charge in [0.1, 0.15) is 0 Å². The van der Waals surface area contributed by atoms with Gasteiger partial charge in [0, 0.05) is 45.8 Å². The number of fused-ring (bicyclic) bond motifs is 1. The molecule has 0 spiro atoms. The van der Waals surface area contributed by atoms with Crippen molar-refractivity contribution in [1.82, 2.24) is 10.2 Å². The molecule has 3 rings (SSSR count). The molecule has 0 fully saturated rings. The molecule has 4 nitrogen and oxygen atoms in total. The zero-order chi connectivity index (χ0) is 20.1. The predicted octanol–water partition coefficient (Wildman–Crippen LogP) is 4.01. The van der Waals surface area contributed by atoms with Crippen LogP contribution < -0.4 is 10.2 Å². The second kappa shape index (κ2) is 9.24. The maximum Gasteiger partial charge on any atom is 0.220 e. The third-order valence-corrected chi connectivity index (χ3v) is 5.48. The van der Waals surface area contributed by atoms with E-state index in [0.717, 1.165) is 19.5 Å². The molecule has 1 atom stereocenters. The first kappa shape index (κ1) is 20.4. The van der Waals surface area contributed by atoms with Crippen molar-refractivity contribution in [3.63, 3.8) is 0 Å². The lowest BCUT2D eigenvalue weighted by molar-refractivity contribution is -0.122. The highest BCUT2D eigenvalue weighted by Gasteiger charge is 2.25. The van der Waals surface area contributed by atoms with E-state index in [1.165, 1.54) is 22.4 Å². The van der Waals surface area contributed by atoms with Crippen LogP contribution in [-0.2, 0) is 17.8 Å². The molecule has 2 aromatic carbocycles. The van der Waals surface area contributed by atoms with Gasteiger partial charge in [0.2, 0.25) is 5.91 Å². The first-order valence-electron chi connectivity index (χ1n) is 10.3. The van der Waals surface area contributed by atoms with Crippen molar-refractivity contribution in [2.75, 3.05) is 32.1 Å². The summed E-state index contributed by atoms with van der Waals surface area (Å²) in [5.41, 5.74) is 5.30. The number of hydrogen-bond donors (Lipinski definition) is 1. The Labute approximate surface area is 169 Å². The topological polar surface area (TPSA) is 35.6 Å². The number of benzene rings is 2. The molecule has 1 heterocycles. The Balaban J connectivity index is 1.79. The molecule has 0 bridgehead atoms. The number of hydrogen-bond acceptors (Lipinski definition) is 3. The maximum atomic E-state index is 12.3. The van der Waals surface area contributed by atoms with Gasteiger partial charge in [-0.2, -0.15) is 0 Å². The molecular formula is C24H33N3O. The zero-order valence-corrected chi connectivity index (χ0v) is 17.6. The Kier molecular flexibility index (Phi) is 6.74. The van der Waals surface area contributed by atoms with E-state index >= 15 is 0 Å². The molecule has 1 aliphatic heterocycles. The molecule has 0 radical (unpaired) electrons. The fourth-order valence-corrected chi connectivity index (χ4v) is 3.89. The Hall–Kier alpha value is -2.33. The van der Waals surface area contributed by atoms with Crippen LogP contribution in [0.15, 0.2) is 48.5 Å². The van der Waals surface area contributed by atoms with Crippen molar-refractivity contribution in [2.24, 2.45) is 5.92 Å². The third kappa shape index (κ3) is 5.14. The van der Waals surface area contributed by atoms with Crippen molar-refractivity contribution >= 4 is 11.6 Å². The molecule has 0 aliphatic carbocycles. The van der Waals surface area contributed by atoms with E-state index in [1.54, 1.807) is 0 Å². The van der Waals surface area contributed by atoms with Crippen LogP contribution >= 0.6 is 0 Å². The van der Waals surface area contributed by atoms with Crippen molar-refractivity contribution in [2.45, 2.75) is 39.3 Å². The van der Waals surface area contributed by atoms with Gasteiger partial charge in [0.25, 0.3) is 0 Å². The van der Waals surface area contributed by atoms with Gasteiger partial charge in [0.15, 0.2) is 0 Å². The number of nitrogens with zero attached hydrogens (tertiary/aromatic N) is 2. The van der Waals surface area contributed by atoms with Crippen LogP contribution in [0, 0.1) is 5.92 Å². The second-order valence-electron chi connectivity index (χ2n) is 8.39. The quantitative estimate of drug-likeness (QED) is 0.789. The molecule has 1 N–H and O–H groups in total. The lowest BCUT2D eigenvalue weighted by atomic mass is 9.96. The minimum absolute atomic E-state index is 0.141. The van der Waals surface area contributed by atoms with Crippen molar-refractivity contribution in [1.29, 1.82) is 0 Å². The van der Waals surface area contributed by atoms with E-state index in [2.05, 4.69) is 91.6 Å². The zero-order valence-electron chi connectivity index (χ0n) is 17.6. The van der Waals surface area contributed by atoms with Crippen molar-refractivity contribution in [3.05, 3.63) is 65.2 Å². The summed E-state index contributed by atoms with van der Waals surface area (Å²) in [4.78, 5) is 16.9. The van der Waals surface area contributed by atoms with E-state index in [9.17, 15) is 4.79 Å². The monoisotopic (exact) mass is 379 g/mol. The number of carbonyl (C=O) groups excluding carboxylic acids is 1. The Morgan fingerprint density at radius 2 is 1.75 bits per heavy atom. The molecule has 4 heteroatoms. The van der Waals surface area contributed by atoms with E-state index in [4.69, 9.17) is 0 Å². The first-order chi connectivity index (χ1) is 13.4. The van der Waals surface area contributed by atoms with Gasteiger partial charge in [-0.25, -0.2) is 0 Å². The summed E-state index contributed by atoms with van der Waals surface area (Å²) in [5.74, 6) is 0.516. The van der Waals surface area contributed by atoms with Gasteiger partial charge in [0.05, 0.1) is 6.04 Å². The standard InChI is InChI=1S/C24H33N3O/c1-18(2)15-24(28)25-16-23(20-9-11-22(12-10-20)26(3)4)27-14-13-19-7-5-6-8-21(19)17-27/h5-12,18,23H,13-17H2,1-4H3,(H,25,28). The van der Waals surface area contributed by atoms with Crippen LogP contribution in [0.4, 0.5) is 5.69 Å². The summed E-state index contributed by atoms with van der Waals surface area (Å²) in [5, 5.41) is 3.18. The summed E-state index contributed by atoms with van der Waals surface area (Å²) in [6.45, 7) is 6.75. The van der Waals surface area contributed by atoms with Gasteiger partial charge in [-0.05, 0) is 41.2 Å². The molecule has 1 aliphatic rings. The van der Waals surface area contributed by atoms with E-state index in [1.807, 2.05) is 0 Å². The lowest BCUT2D eigenvalue weighted by Gasteiger charge is -2.36. The highest BCUT2D eigenvalue weighted by Crippen LogP contribution is 2.28. The largest absolute Gasteiger partial charge is 0.378 e. The van der Waals surface area contributed by atoms with Crippen LogP contribution in [0.3, 0.4) is 0 Å². The highest BCUT2D eigenvalue weighted by atomic mass is 16.1. The van der Waals surface area contributed by atoms with Crippen molar-refractivity contribution < 1.29 is 4.79 Å². The van der Waals surface area contributed by atoms with Crippen LogP contribution in [0.5, 0.6) is 0 Å². The van der Waals surface area contributed by atoms with E-state index in [0.29, 0.717) is 18.9 Å². The molecule has 0 aromatic heterocycles. The highest BCUT2D eigenvalue weighted by molar-refractivity contribution is 5.76.